The molecule has 0 fully saturated rings. The maximum absolute atomic E-state index is 3.68. The molecule has 0 bridgehead atoms. The molecule has 3 aromatic carbocycles. The smallest absolute Gasteiger partial charge is 0.0463 e. The predicted molar refractivity (Wildman–Crippen MR) is 120 cm³/mol. The van der Waals surface area contributed by atoms with E-state index in [2.05, 4.69) is 104 Å². The number of hydrogen-bond acceptors (Lipinski definition) is 1. The Balaban J connectivity index is 1.53. The number of fused-ring (bicyclic) bond motifs is 2. The summed E-state index contributed by atoms with van der Waals surface area (Å²) < 4.78 is 0. The zero-order valence-corrected chi connectivity index (χ0v) is 16.5. The second kappa shape index (κ2) is 6.53. The third-order valence-corrected chi connectivity index (χ3v) is 6.15. The molecule has 0 aromatic heterocycles. The van der Waals surface area contributed by atoms with Gasteiger partial charge in [-0.05, 0) is 58.9 Å². The molecule has 1 N–H and O–H groups in total. The van der Waals surface area contributed by atoms with E-state index in [1.165, 1.54) is 27.8 Å². The van der Waals surface area contributed by atoms with Crippen molar-refractivity contribution < 1.29 is 0 Å². The Hall–Kier alpha value is -3.06. The summed E-state index contributed by atoms with van der Waals surface area (Å²) in [6.07, 6.45) is 6.98. The summed E-state index contributed by atoms with van der Waals surface area (Å²) in [6, 6.07) is 26.0. The first-order valence-corrected chi connectivity index (χ1v) is 10.1. The molecule has 0 aliphatic heterocycles. The lowest BCUT2D eigenvalue weighted by atomic mass is 9.80. The minimum Gasteiger partial charge on any atom is -0.355 e. The average Bonchev–Trinajstić information content (AvgIpc) is 2.96. The molecule has 0 radical (unpaired) electrons. The van der Waals surface area contributed by atoms with Gasteiger partial charge in [-0.1, -0.05) is 80.6 Å². The van der Waals surface area contributed by atoms with Crippen LogP contribution in [0.25, 0.3) is 16.7 Å². The van der Waals surface area contributed by atoms with Gasteiger partial charge in [-0.3, -0.25) is 0 Å². The highest BCUT2D eigenvalue weighted by Crippen LogP contribution is 2.50. The summed E-state index contributed by atoms with van der Waals surface area (Å²) >= 11 is 0. The molecule has 0 amide bonds. The Kier molecular flexibility index (Phi) is 3.98. The molecule has 3 aromatic rings. The van der Waals surface area contributed by atoms with E-state index in [0.29, 0.717) is 0 Å². The van der Waals surface area contributed by atoms with Crippen molar-refractivity contribution in [2.75, 3.05) is 5.32 Å². The molecular weight excluding hydrogens is 338 g/mol. The monoisotopic (exact) mass is 363 g/mol. The van der Waals surface area contributed by atoms with Gasteiger partial charge in [-0.2, -0.15) is 0 Å². The van der Waals surface area contributed by atoms with Gasteiger partial charge in [-0.25, -0.2) is 0 Å². The fourth-order valence-electron chi connectivity index (χ4n) is 4.69. The van der Waals surface area contributed by atoms with Gasteiger partial charge in [0.2, 0.25) is 0 Å². The normalized spacial score (nSPS) is 16.6. The Bertz CT molecular complexity index is 1100. The molecule has 1 heteroatoms. The largest absolute Gasteiger partial charge is 0.355 e. The van der Waals surface area contributed by atoms with E-state index >= 15 is 0 Å². The van der Waals surface area contributed by atoms with Crippen molar-refractivity contribution in [2.24, 2.45) is 0 Å². The van der Waals surface area contributed by atoms with Crippen molar-refractivity contribution in [1.82, 2.24) is 0 Å². The Morgan fingerprint density at radius 1 is 0.821 bits per heavy atom. The fourth-order valence-corrected chi connectivity index (χ4v) is 4.69. The molecule has 0 spiro atoms. The lowest BCUT2D eigenvalue weighted by Gasteiger charge is -2.24. The van der Waals surface area contributed by atoms with Gasteiger partial charge in [0.25, 0.3) is 0 Å². The van der Waals surface area contributed by atoms with Gasteiger partial charge >= 0.3 is 0 Å². The van der Waals surface area contributed by atoms with Crippen molar-refractivity contribution in [2.45, 2.75) is 32.1 Å². The minimum absolute atomic E-state index is 0.0677. The Labute approximate surface area is 167 Å². The molecule has 0 saturated carbocycles. The lowest BCUT2D eigenvalue weighted by Crippen LogP contribution is -2.16. The molecule has 5 rings (SSSR count). The molecule has 138 valence electrons. The number of para-hydroxylation sites is 1. The van der Waals surface area contributed by atoms with Crippen molar-refractivity contribution in [3.05, 3.63) is 102 Å². The van der Waals surface area contributed by atoms with Crippen LogP contribution in [0.2, 0.25) is 0 Å². The first-order chi connectivity index (χ1) is 13.6. The average molecular weight is 364 g/mol. The number of benzene rings is 3. The van der Waals surface area contributed by atoms with Crippen molar-refractivity contribution >= 4 is 16.9 Å². The SMILES string of the molecule is CC1(C)C2=C(CCC=C2)c2ccc(Nc3ccccc3-c3ccccc3)cc21. The maximum Gasteiger partial charge on any atom is 0.0463 e. The van der Waals surface area contributed by atoms with Crippen LogP contribution in [0.1, 0.15) is 37.8 Å². The highest BCUT2D eigenvalue weighted by Gasteiger charge is 2.37. The topological polar surface area (TPSA) is 12.0 Å². The fraction of sp³-hybridized carbons (Fsp3) is 0.185. The van der Waals surface area contributed by atoms with Crippen LogP contribution in [0.3, 0.4) is 0 Å². The summed E-state index contributed by atoms with van der Waals surface area (Å²) in [5, 5.41) is 3.68. The maximum atomic E-state index is 3.68. The van der Waals surface area contributed by atoms with E-state index in [1.807, 2.05) is 0 Å². The summed E-state index contributed by atoms with van der Waals surface area (Å²) in [4.78, 5) is 0. The number of hydrogen-bond donors (Lipinski definition) is 1. The minimum atomic E-state index is 0.0677. The zero-order chi connectivity index (χ0) is 19.1. The summed E-state index contributed by atoms with van der Waals surface area (Å²) in [6.45, 7) is 4.71. The van der Waals surface area contributed by atoms with Crippen LogP contribution in [-0.4, -0.2) is 0 Å². The Morgan fingerprint density at radius 2 is 1.61 bits per heavy atom. The number of allylic oxidation sites excluding steroid dienone is 4. The molecular formula is C27H25N. The van der Waals surface area contributed by atoms with Gasteiger partial charge in [-0.15, -0.1) is 0 Å². The molecule has 0 unspecified atom stereocenters. The van der Waals surface area contributed by atoms with Crippen molar-refractivity contribution in [3.8, 4) is 11.1 Å². The lowest BCUT2D eigenvalue weighted by molar-refractivity contribution is 0.651. The predicted octanol–water partition coefficient (Wildman–Crippen LogP) is 7.49. The van der Waals surface area contributed by atoms with Crippen molar-refractivity contribution in [3.63, 3.8) is 0 Å². The van der Waals surface area contributed by atoms with Gasteiger partial charge in [0.15, 0.2) is 0 Å². The van der Waals surface area contributed by atoms with Crippen LogP contribution >= 0.6 is 0 Å². The third kappa shape index (κ3) is 2.70. The molecule has 1 nitrogen and oxygen atoms in total. The summed E-state index contributed by atoms with van der Waals surface area (Å²) in [5.41, 5.74) is 10.7. The first kappa shape index (κ1) is 17.1. The van der Waals surface area contributed by atoms with E-state index in [0.717, 1.165) is 24.2 Å². The van der Waals surface area contributed by atoms with Gasteiger partial charge in [0.1, 0.15) is 0 Å². The van der Waals surface area contributed by atoms with E-state index in [9.17, 15) is 0 Å². The molecule has 2 aliphatic carbocycles. The number of anilines is 2. The standard InChI is InChI=1S/C27H25N/c1-27(2)24-14-8-6-13-22(24)23-17-16-20(18-25(23)27)28-26-15-9-7-12-21(26)19-10-4-3-5-11-19/h3-5,7-12,14-18,28H,6,13H2,1-2H3. The van der Waals surface area contributed by atoms with Crippen LogP contribution < -0.4 is 5.32 Å². The summed E-state index contributed by atoms with van der Waals surface area (Å²) in [7, 11) is 0. The van der Waals surface area contributed by atoms with Crippen LogP contribution in [0.4, 0.5) is 11.4 Å². The van der Waals surface area contributed by atoms with Crippen LogP contribution in [-0.2, 0) is 5.41 Å². The molecule has 0 saturated heterocycles. The summed E-state index contributed by atoms with van der Waals surface area (Å²) in [5.74, 6) is 0. The zero-order valence-electron chi connectivity index (χ0n) is 16.5. The van der Waals surface area contributed by atoms with E-state index in [-0.39, 0.29) is 5.41 Å². The van der Waals surface area contributed by atoms with Crippen LogP contribution in [0.15, 0.2) is 90.5 Å². The molecule has 28 heavy (non-hydrogen) atoms. The molecule has 2 aliphatic rings. The number of rotatable bonds is 3. The first-order valence-electron chi connectivity index (χ1n) is 10.1. The highest BCUT2D eigenvalue weighted by molar-refractivity contribution is 5.86. The van der Waals surface area contributed by atoms with E-state index < -0.39 is 0 Å². The quantitative estimate of drug-likeness (QED) is 0.508. The van der Waals surface area contributed by atoms with Crippen LogP contribution in [0.5, 0.6) is 0 Å². The van der Waals surface area contributed by atoms with Gasteiger partial charge < -0.3 is 5.32 Å². The van der Waals surface area contributed by atoms with Gasteiger partial charge in [0.05, 0.1) is 0 Å². The van der Waals surface area contributed by atoms with E-state index in [1.54, 1.807) is 5.57 Å². The van der Waals surface area contributed by atoms with Gasteiger partial charge in [0, 0.05) is 22.4 Å². The number of nitrogens with one attached hydrogen (secondary N) is 1. The Morgan fingerprint density at radius 3 is 2.46 bits per heavy atom. The highest BCUT2D eigenvalue weighted by atomic mass is 14.9. The third-order valence-electron chi connectivity index (χ3n) is 6.15. The second-order valence-corrected chi connectivity index (χ2v) is 8.26. The molecule has 0 heterocycles. The second-order valence-electron chi connectivity index (χ2n) is 8.26. The van der Waals surface area contributed by atoms with Crippen LogP contribution in [0, 0.1) is 0 Å². The van der Waals surface area contributed by atoms with Crippen molar-refractivity contribution in [1.29, 1.82) is 0 Å². The van der Waals surface area contributed by atoms with E-state index in [4.69, 9.17) is 0 Å². The molecule has 0 atom stereocenters.